The number of benzene rings is 1. The van der Waals surface area contributed by atoms with Crippen LogP contribution in [0.1, 0.15) is 28.4 Å². The molecule has 104 valence electrons. The number of fused-ring (bicyclic) bond motifs is 1. The molecule has 0 saturated carbocycles. The number of nitrogens with two attached hydrogens (primary N) is 1. The van der Waals surface area contributed by atoms with Crippen molar-refractivity contribution in [1.29, 1.82) is 0 Å². The second kappa shape index (κ2) is 5.54. The molecule has 1 aliphatic rings. The molecule has 2 N–H and O–H groups in total. The number of nitrogens with zero attached hydrogens (tertiary/aromatic N) is 1. The van der Waals surface area contributed by atoms with E-state index < -0.39 is 0 Å². The van der Waals surface area contributed by atoms with E-state index in [4.69, 9.17) is 10.5 Å². The van der Waals surface area contributed by atoms with E-state index in [0.29, 0.717) is 0 Å². The lowest BCUT2D eigenvalue weighted by Crippen LogP contribution is -2.15. The smallest absolute Gasteiger partial charge is 0.125 e. The topological polar surface area (TPSA) is 48.1 Å². The van der Waals surface area contributed by atoms with Crippen LogP contribution >= 0.6 is 15.9 Å². The Balaban J connectivity index is 1.90. The molecule has 2 aromatic rings. The van der Waals surface area contributed by atoms with Crippen LogP contribution in [0.3, 0.4) is 0 Å². The van der Waals surface area contributed by atoms with E-state index in [0.717, 1.165) is 40.9 Å². The van der Waals surface area contributed by atoms with Crippen LogP contribution in [0.15, 0.2) is 34.9 Å². The van der Waals surface area contributed by atoms with Crippen LogP contribution in [0.2, 0.25) is 0 Å². The highest BCUT2D eigenvalue weighted by atomic mass is 79.9. The predicted molar refractivity (Wildman–Crippen MR) is 82.9 cm³/mol. The highest BCUT2D eigenvalue weighted by molar-refractivity contribution is 9.10. The number of aromatic nitrogens is 1. The molecule has 0 amide bonds. The fourth-order valence-corrected chi connectivity index (χ4v) is 3.29. The molecule has 0 fully saturated rings. The Bertz CT molecular complexity index is 642. The normalized spacial score (nSPS) is 14.8. The third kappa shape index (κ3) is 2.58. The molecule has 0 spiro atoms. The van der Waals surface area contributed by atoms with Gasteiger partial charge in [-0.2, -0.15) is 0 Å². The Morgan fingerprint density at radius 2 is 2.30 bits per heavy atom. The van der Waals surface area contributed by atoms with Crippen molar-refractivity contribution in [3.63, 3.8) is 0 Å². The third-order valence-corrected chi connectivity index (χ3v) is 4.17. The first-order valence-electron chi connectivity index (χ1n) is 6.76. The van der Waals surface area contributed by atoms with Crippen LogP contribution in [0, 0.1) is 6.92 Å². The summed E-state index contributed by atoms with van der Waals surface area (Å²) in [7, 11) is 0. The van der Waals surface area contributed by atoms with Crippen LogP contribution < -0.4 is 10.5 Å². The minimum absolute atomic E-state index is 0.0636. The molecule has 1 aromatic carbocycles. The molecular formula is C16H17BrN2O. The number of rotatable bonds is 3. The molecular weight excluding hydrogens is 316 g/mol. The van der Waals surface area contributed by atoms with Gasteiger partial charge in [0.15, 0.2) is 0 Å². The zero-order valence-electron chi connectivity index (χ0n) is 11.4. The minimum atomic E-state index is -0.0636. The van der Waals surface area contributed by atoms with Gasteiger partial charge in [0.2, 0.25) is 0 Å². The van der Waals surface area contributed by atoms with Crippen LogP contribution in [0.4, 0.5) is 0 Å². The molecule has 4 heteroatoms. The molecule has 1 unspecified atom stereocenters. The molecule has 0 radical (unpaired) electrons. The number of hydrogen-bond acceptors (Lipinski definition) is 3. The molecule has 20 heavy (non-hydrogen) atoms. The summed E-state index contributed by atoms with van der Waals surface area (Å²) in [4.78, 5) is 4.31. The van der Waals surface area contributed by atoms with Gasteiger partial charge in [-0.3, -0.25) is 4.98 Å². The second-order valence-corrected chi connectivity index (χ2v) is 6.06. The first-order valence-corrected chi connectivity index (χ1v) is 7.55. The van der Waals surface area contributed by atoms with Crippen LogP contribution in [0.25, 0.3) is 0 Å². The summed E-state index contributed by atoms with van der Waals surface area (Å²) in [5, 5.41) is 0. The maximum atomic E-state index is 6.36. The summed E-state index contributed by atoms with van der Waals surface area (Å²) >= 11 is 3.57. The van der Waals surface area contributed by atoms with Gasteiger partial charge in [-0.15, -0.1) is 0 Å². The molecule has 0 aliphatic carbocycles. The molecule has 0 bridgehead atoms. The maximum absolute atomic E-state index is 6.36. The quantitative estimate of drug-likeness (QED) is 0.937. The summed E-state index contributed by atoms with van der Waals surface area (Å²) in [5.41, 5.74) is 10.9. The predicted octanol–water partition coefficient (Wildman–Crippen LogP) is 3.33. The van der Waals surface area contributed by atoms with E-state index in [1.807, 2.05) is 19.1 Å². The summed E-state index contributed by atoms with van der Waals surface area (Å²) in [6.07, 6.45) is 3.53. The van der Waals surface area contributed by atoms with E-state index in [1.54, 1.807) is 6.20 Å². The molecule has 3 nitrogen and oxygen atoms in total. The molecule has 3 rings (SSSR count). The van der Waals surface area contributed by atoms with Gasteiger partial charge < -0.3 is 10.5 Å². The fourth-order valence-electron chi connectivity index (χ4n) is 2.73. The number of halogens is 1. The Morgan fingerprint density at radius 1 is 1.45 bits per heavy atom. The monoisotopic (exact) mass is 332 g/mol. The second-order valence-electron chi connectivity index (χ2n) is 5.14. The van der Waals surface area contributed by atoms with Gasteiger partial charge in [-0.1, -0.05) is 22.0 Å². The van der Waals surface area contributed by atoms with E-state index >= 15 is 0 Å². The summed E-state index contributed by atoms with van der Waals surface area (Å²) in [6.45, 7) is 2.76. The van der Waals surface area contributed by atoms with Gasteiger partial charge in [-0.25, -0.2) is 0 Å². The summed E-state index contributed by atoms with van der Waals surface area (Å²) < 4.78 is 6.85. The van der Waals surface area contributed by atoms with E-state index in [-0.39, 0.29) is 6.04 Å². The van der Waals surface area contributed by atoms with Crippen molar-refractivity contribution >= 4 is 15.9 Å². The molecule has 1 aliphatic heterocycles. The van der Waals surface area contributed by atoms with Gasteiger partial charge >= 0.3 is 0 Å². The van der Waals surface area contributed by atoms with E-state index in [1.165, 1.54) is 11.1 Å². The van der Waals surface area contributed by atoms with Crippen molar-refractivity contribution in [2.75, 3.05) is 6.61 Å². The molecule has 1 atom stereocenters. The van der Waals surface area contributed by atoms with Gasteiger partial charge in [0, 0.05) is 28.8 Å². The number of hydrogen-bond donors (Lipinski definition) is 1. The first-order chi connectivity index (χ1) is 9.65. The Labute approximate surface area is 127 Å². The standard InChI is InChI=1S/C16H17BrN2O/c1-10-14(3-2-5-19-10)15(18)9-12-8-13(17)7-11-4-6-20-16(11)12/h2-3,5,7-8,15H,4,6,9,18H2,1H3. The number of ether oxygens (including phenoxy) is 1. The highest BCUT2D eigenvalue weighted by Gasteiger charge is 2.20. The van der Waals surface area contributed by atoms with Gasteiger partial charge in [-0.05, 0) is 48.2 Å². The lowest BCUT2D eigenvalue weighted by molar-refractivity contribution is 0.352. The van der Waals surface area contributed by atoms with Gasteiger partial charge in [0.1, 0.15) is 5.75 Å². The fraction of sp³-hybridized carbons (Fsp3) is 0.312. The van der Waals surface area contributed by atoms with Crippen molar-refractivity contribution in [1.82, 2.24) is 4.98 Å². The third-order valence-electron chi connectivity index (χ3n) is 3.71. The van der Waals surface area contributed by atoms with Crippen molar-refractivity contribution in [3.05, 3.63) is 57.3 Å². The molecule has 0 saturated heterocycles. The van der Waals surface area contributed by atoms with Crippen LogP contribution in [0.5, 0.6) is 5.75 Å². The Morgan fingerprint density at radius 3 is 3.10 bits per heavy atom. The first kappa shape index (κ1) is 13.6. The highest BCUT2D eigenvalue weighted by Crippen LogP contribution is 2.35. The average Bonchev–Trinajstić information content (AvgIpc) is 2.87. The number of aryl methyl sites for hydroxylation is 1. The Hall–Kier alpha value is -1.39. The van der Waals surface area contributed by atoms with Gasteiger partial charge in [0.25, 0.3) is 0 Å². The SMILES string of the molecule is Cc1ncccc1C(N)Cc1cc(Br)cc2c1OCC2. The largest absolute Gasteiger partial charge is 0.493 e. The van der Waals surface area contributed by atoms with Crippen molar-refractivity contribution in [3.8, 4) is 5.75 Å². The zero-order valence-corrected chi connectivity index (χ0v) is 13.0. The lowest BCUT2D eigenvalue weighted by atomic mass is 9.97. The number of pyridine rings is 1. The van der Waals surface area contributed by atoms with E-state index in [2.05, 4.69) is 33.0 Å². The van der Waals surface area contributed by atoms with Crippen LogP contribution in [-0.4, -0.2) is 11.6 Å². The van der Waals surface area contributed by atoms with Crippen LogP contribution in [-0.2, 0) is 12.8 Å². The Kier molecular flexibility index (Phi) is 3.76. The van der Waals surface area contributed by atoms with Crippen molar-refractivity contribution < 1.29 is 4.74 Å². The van der Waals surface area contributed by atoms with Crippen molar-refractivity contribution in [2.45, 2.75) is 25.8 Å². The zero-order chi connectivity index (χ0) is 14.1. The minimum Gasteiger partial charge on any atom is -0.493 e. The lowest BCUT2D eigenvalue weighted by Gasteiger charge is -2.16. The average molecular weight is 333 g/mol. The summed E-state index contributed by atoms with van der Waals surface area (Å²) in [6, 6.07) is 8.16. The summed E-state index contributed by atoms with van der Waals surface area (Å²) in [5.74, 6) is 1.02. The molecule has 2 heterocycles. The van der Waals surface area contributed by atoms with Gasteiger partial charge in [0.05, 0.1) is 6.61 Å². The van der Waals surface area contributed by atoms with E-state index in [9.17, 15) is 0 Å². The maximum Gasteiger partial charge on any atom is 0.125 e. The molecule has 1 aromatic heterocycles. The van der Waals surface area contributed by atoms with Crippen molar-refractivity contribution in [2.24, 2.45) is 5.73 Å².